The van der Waals surface area contributed by atoms with E-state index in [0.717, 1.165) is 16.3 Å². The number of Topliss-reactive ketones (excluding diaryl/α,β-unsaturated/α-hetero) is 1. The zero-order chi connectivity index (χ0) is 25.7. The topological polar surface area (TPSA) is 70.5 Å². The molecule has 1 aromatic heterocycles. The summed E-state index contributed by atoms with van der Waals surface area (Å²) in [5, 5.41) is 14.0. The van der Waals surface area contributed by atoms with E-state index in [1.807, 2.05) is 42.6 Å². The molecule has 5 nitrogen and oxygen atoms in total. The fourth-order valence-electron chi connectivity index (χ4n) is 5.04. The third-order valence-electron chi connectivity index (χ3n) is 6.98. The third-order valence-corrected chi connectivity index (χ3v) is 7.93. The molecule has 7 heteroatoms. The van der Waals surface area contributed by atoms with Crippen LogP contribution >= 0.6 is 11.3 Å². The maximum absolute atomic E-state index is 13.9. The number of aryl methyl sites for hydroxylation is 1. The first-order chi connectivity index (χ1) is 17.3. The maximum atomic E-state index is 13.9. The summed E-state index contributed by atoms with van der Waals surface area (Å²) < 4.78 is 13.9. The molecule has 4 atom stereocenters. The second-order valence-electron chi connectivity index (χ2n) is 9.86. The highest BCUT2D eigenvalue weighted by Crippen LogP contribution is 2.35. The number of rotatable bonds is 10. The normalized spacial score (nSPS) is 19.1. The van der Waals surface area contributed by atoms with Gasteiger partial charge in [-0.2, -0.15) is 0 Å². The van der Waals surface area contributed by atoms with Crippen LogP contribution in [-0.4, -0.2) is 46.0 Å². The van der Waals surface area contributed by atoms with Crippen molar-refractivity contribution in [3.63, 3.8) is 0 Å². The number of ketones is 1. The monoisotopic (exact) mass is 508 g/mol. The van der Waals surface area contributed by atoms with Gasteiger partial charge in [0.2, 0.25) is 0 Å². The Morgan fingerprint density at radius 3 is 2.56 bits per heavy atom. The van der Waals surface area contributed by atoms with E-state index in [1.54, 1.807) is 36.2 Å². The summed E-state index contributed by atoms with van der Waals surface area (Å²) >= 11 is 1.51. The molecular formula is C29H33FN2O3S. The Kier molecular flexibility index (Phi) is 8.64. The van der Waals surface area contributed by atoms with Gasteiger partial charge in [-0.15, -0.1) is 11.3 Å². The van der Waals surface area contributed by atoms with Crippen molar-refractivity contribution in [2.45, 2.75) is 57.8 Å². The molecule has 0 saturated heterocycles. The largest absolute Gasteiger partial charge is 0.393 e. The van der Waals surface area contributed by atoms with E-state index in [9.17, 15) is 19.1 Å². The van der Waals surface area contributed by atoms with Crippen molar-refractivity contribution in [2.24, 2.45) is 11.8 Å². The molecule has 1 heterocycles. The first kappa shape index (κ1) is 26.2. The standard InChI is InChI=1S/C29H33FN2O3S/c1-19-18-36-27(31-19)17-32(2)29(35)23-10-6-9-21(14-23)26(33)16-24(13-20-7-4-3-5-8-20)28(34)22-11-12-25(30)15-22/h3-10,14,18,22,24-25,28,34H,11-13,15-17H2,1-2H3/t22-,24-,25-,28-/m1/s1. The molecule has 0 radical (unpaired) electrons. The molecule has 0 spiro atoms. The Hall–Kier alpha value is -2.90. The minimum atomic E-state index is -0.884. The number of carbonyl (C=O) groups is 2. The van der Waals surface area contributed by atoms with Crippen molar-refractivity contribution in [3.05, 3.63) is 87.4 Å². The highest BCUT2D eigenvalue weighted by Gasteiger charge is 2.35. The average molecular weight is 509 g/mol. The van der Waals surface area contributed by atoms with E-state index in [4.69, 9.17) is 0 Å². The van der Waals surface area contributed by atoms with Crippen LogP contribution in [0.3, 0.4) is 0 Å². The lowest BCUT2D eigenvalue weighted by Gasteiger charge is -2.27. The Bertz CT molecular complexity index is 1180. The van der Waals surface area contributed by atoms with E-state index in [-0.39, 0.29) is 29.9 Å². The maximum Gasteiger partial charge on any atom is 0.253 e. The van der Waals surface area contributed by atoms with E-state index in [0.29, 0.717) is 43.4 Å². The molecule has 1 saturated carbocycles. The van der Waals surface area contributed by atoms with Crippen molar-refractivity contribution < 1.29 is 19.1 Å². The van der Waals surface area contributed by atoms with Crippen LogP contribution in [0.5, 0.6) is 0 Å². The van der Waals surface area contributed by atoms with Crippen molar-refractivity contribution >= 4 is 23.0 Å². The van der Waals surface area contributed by atoms with Crippen LogP contribution in [0.4, 0.5) is 4.39 Å². The van der Waals surface area contributed by atoms with Crippen molar-refractivity contribution in [3.8, 4) is 0 Å². The number of thiazole rings is 1. The summed E-state index contributed by atoms with van der Waals surface area (Å²) in [6, 6.07) is 16.5. The van der Waals surface area contributed by atoms with E-state index in [2.05, 4.69) is 4.98 Å². The Morgan fingerprint density at radius 2 is 1.89 bits per heavy atom. The van der Waals surface area contributed by atoms with Crippen LogP contribution in [0.25, 0.3) is 0 Å². The molecule has 190 valence electrons. The molecule has 0 unspecified atom stereocenters. The summed E-state index contributed by atoms with van der Waals surface area (Å²) in [6.45, 7) is 2.32. The number of alkyl halides is 1. The first-order valence-corrected chi connectivity index (χ1v) is 13.3. The summed E-state index contributed by atoms with van der Waals surface area (Å²) in [5.41, 5.74) is 2.84. The molecule has 1 aliphatic rings. The molecule has 1 amide bonds. The lowest BCUT2D eigenvalue weighted by atomic mass is 9.81. The summed E-state index contributed by atoms with van der Waals surface area (Å²) in [6.07, 6.45) is 0.474. The van der Waals surface area contributed by atoms with Crippen molar-refractivity contribution in [2.75, 3.05) is 7.05 Å². The van der Waals surface area contributed by atoms with Gasteiger partial charge in [0.1, 0.15) is 11.2 Å². The number of aliphatic hydroxyl groups is 1. The van der Waals surface area contributed by atoms with Crippen LogP contribution < -0.4 is 0 Å². The number of amides is 1. The quantitative estimate of drug-likeness (QED) is 0.359. The highest BCUT2D eigenvalue weighted by molar-refractivity contribution is 7.09. The van der Waals surface area contributed by atoms with Gasteiger partial charge in [-0.25, -0.2) is 9.37 Å². The molecule has 0 bridgehead atoms. The number of hydrogen-bond donors (Lipinski definition) is 1. The van der Waals surface area contributed by atoms with Gasteiger partial charge in [-0.3, -0.25) is 9.59 Å². The molecule has 0 aliphatic heterocycles. The van der Waals surface area contributed by atoms with Crippen LogP contribution in [-0.2, 0) is 13.0 Å². The van der Waals surface area contributed by atoms with Gasteiger partial charge in [0.05, 0.1) is 12.6 Å². The summed E-state index contributed by atoms with van der Waals surface area (Å²) in [4.78, 5) is 32.4. The Balaban J connectivity index is 1.48. The zero-order valence-corrected chi connectivity index (χ0v) is 21.6. The second kappa shape index (κ2) is 11.9. The number of nitrogens with zero attached hydrogens (tertiary/aromatic N) is 2. The number of aromatic nitrogens is 1. The van der Waals surface area contributed by atoms with E-state index in [1.165, 1.54) is 11.3 Å². The van der Waals surface area contributed by atoms with E-state index < -0.39 is 12.3 Å². The highest BCUT2D eigenvalue weighted by atomic mass is 32.1. The molecule has 2 aromatic carbocycles. The van der Waals surface area contributed by atoms with Gasteiger partial charge in [-0.1, -0.05) is 42.5 Å². The lowest BCUT2D eigenvalue weighted by Crippen LogP contribution is -2.31. The van der Waals surface area contributed by atoms with Crippen molar-refractivity contribution in [1.29, 1.82) is 0 Å². The van der Waals surface area contributed by atoms with Crippen LogP contribution in [0.15, 0.2) is 60.0 Å². The molecule has 3 aromatic rings. The summed E-state index contributed by atoms with van der Waals surface area (Å²) in [5.74, 6) is -0.779. The number of benzene rings is 2. The van der Waals surface area contributed by atoms with Crippen LogP contribution in [0, 0.1) is 18.8 Å². The summed E-state index contributed by atoms with van der Waals surface area (Å²) in [7, 11) is 1.72. The predicted octanol–water partition coefficient (Wildman–Crippen LogP) is 5.65. The van der Waals surface area contributed by atoms with Gasteiger partial charge in [0.25, 0.3) is 5.91 Å². The SMILES string of the molecule is Cc1csc(CN(C)C(=O)c2cccc(C(=O)C[C@@H](Cc3ccccc3)[C@H](O)[C@@H]3CC[C@@H](F)C3)c2)n1. The molecule has 1 fully saturated rings. The van der Waals surface area contributed by atoms with Gasteiger partial charge >= 0.3 is 0 Å². The second-order valence-corrected chi connectivity index (χ2v) is 10.8. The number of hydrogen-bond acceptors (Lipinski definition) is 5. The third kappa shape index (κ3) is 6.65. The molecule has 1 N–H and O–H groups in total. The number of aliphatic hydroxyl groups excluding tert-OH is 1. The average Bonchev–Trinajstić information content (AvgIpc) is 3.50. The minimum absolute atomic E-state index is 0.127. The Labute approximate surface area is 216 Å². The Morgan fingerprint density at radius 1 is 1.14 bits per heavy atom. The van der Waals surface area contributed by atoms with E-state index >= 15 is 0 Å². The van der Waals surface area contributed by atoms with Gasteiger partial charge in [0, 0.05) is 35.7 Å². The van der Waals surface area contributed by atoms with Crippen LogP contribution in [0.2, 0.25) is 0 Å². The fourth-order valence-corrected chi connectivity index (χ4v) is 5.86. The zero-order valence-electron chi connectivity index (χ0n) is 20.8. The lowest BCUT2D eigenvalue weighted by molar-refractivity contribution is 0.0434. The van der Waals surface area contributed by atoms with Crippen molar-refractivity contribution in [1.82, 2.24) is 9.88 Å². The number of carbonyl (C=O) groups excluding carboxylic acids is 2. The molecular weight excluding hydrogens is 475 g/mol. The van der Waals surface area contributed by atoms with Gasteiger partial charge < -0.3 is 10.0 Å². The fraction of sp³-hybridized carbons (Fsp3) is 0.414. The first-order valence-electron chi connectivity index (χ1n) is 12.5. The van der Waals surface area contributed by atoms with Gasteiger partial charge in [0.15, 0.2) is 5.78 Å². The molecule has 36 heavy (non-hydrogen) atoms. The minimum Gasteiger partial charge on any atom is -0.393 e. The molecule has 4 rings (SSSR count). The predicted molar refractivity (Wildman–Crippen MR) is 140 cm³/mol. The van der Waals surface area contributed by atoms with Gasteiger partial charge in [-0.05, 0) is 62.1 Å². The van der Waals surface area contributed by atoms with Crippen LogP contribution in [0.1, 0.15) is 62.7 Å². The molecule has 1 aliphatic carbocycles. The number of halogens is 1. The smallest absolute Gasteiger partial charge is 0.253 e.